The fourth-order valence-electron chi connectivity index (χ4n) is 1.95. The van der Waals surface area contributed by atoms with Gasteiger partial charge in [0.15, 0.2) is 5.60 Å². The van der Waals surface area contributed by atoms with Gasteiger partial charge >= 0.3 is 6.18 Å². The summed E-state index contributed by atoms with van der Waals surface area (Å²) in [6, 6.07) is 0. The maximum absolute atomic E-state index is 12.4. The van der Waals surface area contributed by atoms with Crippen LogP contribution in [0.15, 0.2) is 0 Å². The number of hydrogen-bond acceptors (Lipinski definition) is 2. The molecule has 0 bridgehead atoms. The van der Waals surface area contributed by atoms with Crippen molar-refractivity contribution in [1.82, 2.24) is 5.32 Å². The normalized spacial score (nSPS) is 35.3. The summed E-state index contributed by atoms with van der Waals surface area (Å²) < 4.78 is 37.3. The number of nitrogens with one attached hydrogen (secondary N) is 1. The SMILES string of the molecule is CNCC1CCCC1(O)C(F)(F)F. The molecule has 0 aliphatic heterocycles. The van der Waals surface area contributed by atoms with E-state index in [1.807, 2.05) is 0 Å². The van der Waals surface area contributed by atoms with E-state index in [-0.39, 0.29) is 13.0 Å². The van der Waals surface area contributed by atoms with E-state index in [0.717, 1.165) is 0 Å². The minimum absolute atomic E-state index is 0.164. The molecule has 13 heavy (non-hydrogen) atoms. The summed E-state index contributed by atoms with van der Waals surface area (Å²) >= 11 is 0. The average molecular weight is 197 g/mol. The summed E-state index contributed by atoms with van der Waals surface area (Å²) in [7, 11) is 1.59. The molecule has 1 saturated carbocycles. The first-order valence-electron chi connectivity index (χ1n) is 4.35. The van der Waals surface area contributed by atoms with E-state index < -0.39 is 17.7 Å². The van der Waals surface area contributed by atoms with Crippen LogP contribution in [0.25, 0.3) is 0 Å². The van der Waals surface area contributed by atoms with Crippen molar-refractivity contribution in [2.45, 2.75) is 31.0 Å². The topological polar surface area (TPSA) is 32.3 Å². The van der Waals surface area contributed by atoms with Crippen molar-refractivity contribution < 1.29 is 18.3 Å². The van der Waals surface area contributed by atoms with Crippen molar-refractivity contribution in [1.29, 1.82) is 0 Å². The third-order valence-corrected chi connectivity index (χ3v) is 2.73. The van der Waals surface area contributed by atoms with Crippen LogP contribution in [0.2, 0.25) is 0 Å². The summed E-state index contributed by atoms with van der Waals surface area (Å²) in [5.74, 6) is -0.697. The van der Waals surface area contributed by atoms with Crippen LogP contribution in [0, 0.1) is 5.92 Å². The van der Waals surface area contributed by atoms with Gasteiger partial charge in [0.1, 0.15) is 0 Å². The molecule has 0 saturated heterocycles. The molecular weight excluding hydrogens is 183 g/mol. The lowest BCUT2D eigenvalue weighted by molar-refractivity contribution is -0.271. The summed E-state index contributed by atoms with van der Waals surface area (Å²) in [5, 5.41) is 12.1. The highest BCUT2D eigenvalue weighted by Gasteiger charge is 2.59. The van der Waals surface area contributed by atoms with Crippen molar-refractivity contribution in [2.24, 2.45) is 5.92 Å². The Morgan fingerprint density at radius 3 is 2.62 bits per heavy atom. The van der Waals surface area contributed by atoms with Gasteiger partial charge in [-0.2, -0.15) is 13.2 Å². The zero-order valence-electron chi connectivity index (χ0n) is 7.49. The van der Waals surface area contributed by atoms with Gasteiger partial charge in [-0.15, -0.1) is 0 Å². The fourth-order valence-corrected chi connectivity index (χ4v) is 1.95. The predicted molar refractivity (Wildman–Crippen MR) is 42.3 cm³/mol. The maximum atomic E-state index is 12.4. The monoisotopic (exact) mass is 197 g/mol. The molecule has 0 aromatic rings. The Morgan fingerprint density at radius 1 is 1.54 bits per heavy atom. The molecule has 78 valence electrons. The zero-order chi connectivity index (χ0) is 10.1. The third kappa shape index (κ3) is 1.81. The van der Waals surface area contributed by atoms with Crippen LogP contribution in [0.1, 0.15) is 19.3 Å². The molecule has 2 unspecified atom stereocenters. The molecule has 0 spiro atoms. The van der Waals surface area contributed by atoms with Crippen LogP contribution in [0.4, 0.5) is 13.2 Å². The molecule has 0 amide bonds. The van der Waals surface area contributed by atoms with Crippen LogP contribution in [0.3, 0.4) is 0 Å². The second kappa shape index (κ2) is 3.46. The average Bonchev–Trinajstić information content (AvgIpc) is 2.33. The Balaban J connectivity index is 2.75. The van der Waals surface area contributed by atoms with Crippen molar-refractivity contribution in [2.75, 3.05) is 13.6 Å². The first-order valence-corrected chi connectivity index (χ1v) is 4.35. The Kier molecular flexibility index (Phi) is 2.87. The van der Waals surface area contributed by atoms with Crippen molar-refractivity contribution >= 4 is 0 Å². The molecule has 0 aromatic carbocycles. The molecular formula is C8H14F3NO. The van der Waals surface area contributed by atoms with Gasteiger partial charge in [0.2, 0.25) is 0 Å². The third-order valence-electron chi connectivity index (χ3n) is 2.73. The highest BCUT2D eigenvalue weighted by atomic mass is 19.4. The Morgan fingerprint density at radius 2 is 2.15 bits per heavy atom. The molecule has 2 N–H and O–H groups in total. The smallest absolute Gasteiger partial charge is 0.380 e. The van der Waals surface area contributed by atoms with Gasteiger partial charge in [0.05, 0.1) is 0 Å². The van der Waals surface area contributed by atoms with E-state index in [2.05, 4.69) is 5.32 Å². The molecule has 0 heterocycles. The maximum Gasteiger partial charge on any atom is 0.417 e. The number of rotatable bonds is 2. The van der Waals surface area contributed by atoms with E-state index in [9.17, 15) is 18.3 Å². The Labute approximate surface area is 75.1 Å². The summed E-state index contributed by atoms with van der Waals surface area (Å²) in [6.45, 7) is 0.218. The van der Waals surface area contributed by atoms with E-state index in [1.165, 1.54) is 0 Å². The van der Waals surface area contributed by atoms with Crippen LogP contribution >= 0.6 is 0 Å². The second-order valence-corrected chi connectivity index (χ2v) is 3.57. The van der Waals surface area contributed by atoms with E-state index >= 15 is 0 Å². The van der Waals surface area contributed by atoms with Gasteiger partial charge < -0.3 is 10.4 Å². The van der Waals surface area contributed by atoms with Crippen molar-refractivity contribution in [3.05, 3.63) is 0 Å². The molecule has 1 aliphatic carbocycles. The molecule has 2 nitrogen and oxygen atoms in total. The predicted octanol–water partition coefficient (Wildman–Crippen LogP) is 1.30. The van der Waals surface area contributed by atoms with Crippen molar-refractivity contribution in [3.8, 4) is 0 Å². The molecule has 5 heteroatoms. The number of alkyl halides is 3. The van der Waals surface area contributed by atoms with Gasteiger partial charge in [-0.3, -0.25) is 0 Å². The van der Waals surface area contributed by atoms with Gasteiger partial charge in [0, 0.05) is 12.5 Å². The zero-order valence-corrected chi connectivity index (χ0v) is 7.49. The quantitative estimate of drug-likeness (QED) is 0.699. The van der Waals surface area contributed by atoms with E-state index in [4.69, 9.17) is 0 Å². The molecule has 2 atom stereocenters. The highest BCUT2D eigenvalue weighted by molar-refractivity contribution is 4.98. The summed E-state index contributed by atoms with van der Waals surface area (Å²) in [6.07, 6.45) is -3.77. The van der Waals surface area contributed by atoms with Crippen LogP contribution in [-0.4, -0.2) is 30.5 Å². The number of hydrogen-bond donors (Lipinski definition) is 2. The lowest BCUT2D eigenvalue weighted by atomic mass is 9.90. The lowest BCUT2D eigenvalue weighted by Crippen LogP contribution is -2.50. The molecule has 0 aromatic heterocycles. The van der Waals surface area contributed by atoms with E-state index in [1.54, 1.807) is 7.05 Å². The van der Waals surface area contributed by atoms with Gasteiger partial charge in [-0.25, -0.2) is 0 Å². The van der Waals surface area contributed by atoms with Gasteiger partial charge in [-0.05, 0) is 26.3 Å². The first-order chi connectivity index (χ1) is 5.92. The largest absolute Gasteiger partial charge is 0.417 e. The fraction of sp³-hybridized carbons (Fsp3) is 1.00. The number of aliphatic hydroxyl groups is 1. The second-order valence-electron chi connectivity index (χ2n) is 3.57. The number of halogens is 3. The van der Waals surface area contributed by atoms with E-state index in [0.29, 0.717) is 12.8 Å². The molecule has 1 aliphatic rings. The minimum Gasteiger partial charge on any atom is -0.380 e. The minimum atomic E-state index is -4.50. The standard InChI is InChI=1S/C8H14F3NO/c1-12-5-6-3-2-4-7(6,13)8(9,10)11/h6,12-13H,2-5H2,1H3. The summed E-state index contributed by atoms with van der Waals surface area (Å²) in [4.78, 5) is 0. The molecule has 1 rings (SSSR count). The van der Waals surface area contributed by atoms with Crippen LogP contribution < -0.4 is 5.32 Å². The van der Waals surface area contributed by atoms with Gasteiger partial charge in [0.25, 0.3) is 0 Å². The van der Waals surface area contributed by atoms with Gasteiger partial charge in [-0.1, -0.05) is 0 Å². The highest BCUT2D eigenvalue weighted by Crippen LogP contribution is 2.46. The lowest BCUT2D eigenvalue weighted by Gasteiger charge is -2.32. The Bertz CT molecular complexity index is 183. The molecule has 0 radical (unpaired) electrons. The van der Waals surface area contributed by atoms with Crippen LogP contribution in [-0.2, 0) is 0 Å². The summed E-state index contributed by atoms with van der Waals surface area (Å²) in [5.41, 5.74) is -2.46. The molecule has 1 fully saturated rings. The van der Waals surface area contributed by atoms with Crippen molar-refractivity contribution in [3.63, 3.8) is 0 Å². The Hall–Kier alpha value is -0.290. The first kappa shape index (κ1) is 10.8. The van der Waals surface area contributed by atoms with Crippen LogP contribution in [0.5, 0.6) is 0 Å².